The van der Waals surface area contributed by atoms with Crippen molar-refractivity contribution in [2.24, 2.45) is 5.92 Å². The maximum Gasteiger partial charge on any atom is 0.251 e. The number of aromatic nitrogens is 1. The van der Waals surface area contributed by atoms with Crippen LogP contribution < -0.4 is 5.32 Å². The summed E-state index contributed by atoms with van der Waals surface area (Å²) in [6.45, 7) is 1.79. The molecule has 4 nitrogen and oxygen atoms in total. The number of nitrogens with zero attached hydrogens (tertiary/aromatic N) is 2. The number of nitriles is 1. The third-order valence-electron chi connectivity index (χ3n) is 3.18. The predicted molar refractivity (Wildman–Crippen MR) is 68.2 cm³/mol. The van der Waals surface area contributed by atoms with Gasteiger partial charge in [-0.25, -0.2) is 4.98 Å². The second-order valence-electron chi connectivity index (χ2n) is 4.57. The molecular formula is C13H14ClN3O. The molecule has 2 atom stereocenters. The average molecular weight is 264 g/mol. The van der Waals surface area contributed by atoms with Gasteiger partial charge in [0.1, 0.15) is 5.15 Å². The van der Waals surface area contributed by atoms with Crippen molar-refractivity contribution in [1.29, 1.82) is 5.26 Å². The van der Waals surface area contributed by atoms with Crippen LogP contribution in [0.3, 0.4) is 0 Å². The van der Waals surface area contributed by atoms with Gasteiger partial charge in [-0.15, -0.1) is 0 Å². The Balaban J connectivity index is 2.10. The highest BCUT2D eigenvalue weighted by molar-refractivity contribution is 6.29. The van der Waals surface area contributed by atoms with Gasteiger partial charge in [0.2, 0.25) is 0 Å². The van der Waals surface area contributed by atoms with Crippen LogP contribution in [0.5, 0.6) is 0 Å². The smallest absolute Gasteiger partial charge is 0.251 e. The molecular weight excluding hydrogens is 250 g/mol. The number of pyridine rings is 1. The Kier molecular flexibility index (Phi) is 3.83. The summed E-state index contributed by atoms with van der Waals surface area (Å²) in [7, 11) is 0. The van der Waals surface area contributed by atoms with E-state index in [9.17, 15) is 4.79 Å². The van der Waals surface area contributed by atoms with E-state index in [1.807, 2.05) is 0 Å². The summed E-state index contributed by atoms with van der Waals surface area (Å²) in [5, 5.41) is 12.2. The standard InChI is InChI=1S/C13H14ClN3O/c1-8-5-10(6-12(14)16-8)13(18)17-11-4-2-3-9(11)7-15/h5-6,9,11H,2-4H2,1H3,(H,17,18). The first-order valence-electron chi connectivity index (χ1n) is 5.95. The molecule has 0 aromatic carbocycles. The second kappa shape index (κ2) is 5.36. The minimum absolute atomic E-state index is 0.0465. The molecule has 18 heavy (non-hydrogen) atoms. The number of aryl methyl sites for hydroxylation is 1. The SMILES string of the molecule is Cc1cc(C(=O)NC2CCCC2C#N)cc(Cl)n1. The molecule has 0 spiro atoms. The Morgan fingerprint density at radius 2 is 2.33 bits per heavy atom. The largest absolute Gasteiger partial charge is 0.348 e. The van der Waals surface area contributed by atoms with Crippen LogP contribution in [0.25, 0.3) is 0 Å². The van der Waals surface area contributed by atoms with Crippen LogP contribution in [-0.2, 0) is 0 Å². The number of carbonyl (C=O) groups excluding carboxylic acids is 1. The summed E-state index contributed by atoms with van der Waals surface area (Å²) >= 11 is 5.82. The van der Waals surface area contributed by atoms with E-state index in [1.165, 1.54) is 0 Å². The summed E-state index contributed by atoms with van der Waals surface area (Å²) in [6, 6.07) is 5.43. The van der Waals surface area contributed by atoms with Gasteiger partial charge < -0.3 is 5.32 Å². The van der Waals surface area contributed by atoms with Crippen LogP contribution >= 0.6 is 11.6 Å². The van der Waals surface area contributed by atoms with Gasteiger partial charge in [0.25, 0.3) is 5.91 Å². The molecule has 1 aromatic rings. The highest BCUT2D eigenvalue weighted by atomic mass is 35.5. The van der Waals surface area contributed by atoms with Crippen molar-refractivity contribution in [3.8, 4) is 6.07 Å². The Bertz CT molecular complexity index is 489. The van der Waals surface area contributed by atoms with Crippen LogP contribution in [-0.4, -0.2) is 16.9 Å². The first kappa shape index (κ1) is 12.8. The van der Waals surface area contributed by atoms with Gasteiger partial charge in [0.05, 0.1) is 12.0 Å². The highest BCUT2D eigenvalue weighted by Gasteiger charge is 2.28. The van der Waals surface area contributed by atoms with E-state index in [-0.39, 0.29) is 17.9 Å². The molecule has 1 saturated carbocycles. The molecule has 1 aliphatic rings. The second-order valence-corrected chi connectivity index (χ2v) is 4.95. The fourth-order valence-electron chi connectivity index (χ4n) is 2.30. The van der Waals surface area contributed by atoms with E-state index in [1.54, 1.807) is 19.1 Å². The van der Waals surface area contributed by atoms with Gasteiger partial charge in [-0.2, -0.15) is 5.26 Å². The van der Waals surface area contributed by atoms with Gasteiger partial charge in [-0.3, -0.25) is 4.79 Å². The number of amides is 1. The van der Waals surface area contributed by atoms with E-state index in [0.29, 0.717) is 16.4 Å². The summed E-state index contributed by atoms with van der Waals surface area (Å²) in [4.78, 5) is 16.1. The van der Waals surface area contributed by atoms with E-state index < -0.39 is 0 Å². The molecule has 5 heteroatoms. The number of carbonyl (C=O) groups is 1. The number of halogens is 1. The zero-order chi connectivity index (χ0) is 13.1. The molecule has 2 unspecified atom stereocenters. The molecule has 94 valence electrons. The van der Waals surface area contributed by atoms with E-state index >= 15 is 0 Å². The number of hydrogen-bond acceptors (Lipinski definition) is 3. The van der Waals surface area contributed by atoms with Gasteiger partial charge in [-0.1, -0.05) is 11.6 Å². The number of rotatable bonds is 2. The van der Waals surface area contributed by atoms with Crippen molar-refractivity contribution in [2.75, 3.05) is 0 Å². The van der Waals surface area contributed by atoms with Crippen molar-refractivity contribution >= 4 is 17.5 Å². The number of nitrogens with one attached hydrogen (secondary N) is 1. The van der Waals surface area contributed by atoms with Crippen LogP contribution in [0.15, 0.2) is 12.1 Å². The summed E-state index contributed by atoms with van der Waals surface area (Å²) in [6.07, 6.45) is 2.71. The first-order valence-corrected chi connectivity index (χ1v) is 6.32. The van der Waals surface area contributed by atoms with E-state index in [2.05, 4.69) is 16.4 Å². The van der Waals surface area contributed by atoms with Crippen LogP contribution in [0.1, 0.15) is 35.3 Å². The van der Waals surface area contributed by atoms with E-state index in [4.69, 9.17) is 16.9 Å². The normalized spacial score (nSPS) is 22.5. The minimum Gasteiger partial charge on any atom is -0.348 e. The Hall–Kier alpha value is -1.60. The fraction of sp³-hybridized carbons (Fsp3) is 0.462. The molecule has 0 radical (unpaired) electrons. The minimum atomic E-state index is -0.186. The maximum absolute atomic E-state index is 12.1. The summed E-state index contributed by atoms with van der Waals surface area (Å²) < 4.78 is 0. The third-order valence-corrected chi connectivity index (χ3v) is 3.38. The molecule has 1 amide bonds. The average Bonchev–Trinajstić information content (AvgIpc) is 2.75. The summed E-state index contributed by atoms with van der Waals surface area (Å²) in [5.74, 6) is -0.262. The third kappa shape index (κ3) is 2.80. The lowest BCUT2D eigenvalue weighted by Gasteiger charge is -2.15. The van der Waals surface area contributed by atoms with Gasteiger partial charge >= 0.3 is 0 Å². The Morgan fingerprint density at radius 3 is 3.00 bits per heavy atom. The van der Waals surface area contributed by atoms with E-state index in [0.717, 1.165) is 19.3 Å². The molecule has 1 N–H and O–H groups in total. The van der Waals surface area contributed by atoms with Crippen molar-refractivity contribution in [2.45, 2.75) is 32.2 Å². The monoisotopic (exact) mass is 263 g/mol. The lowest BCUT2D eigenvalue weighted by Crippen LogP contribution is -2.36. The number of hydrogen-bond donors (Lipinski definition) is 1. The molecule has 2 rings (SSSR count). The molecule has 1 aliphatic carbocycles. The van der Waals surface area contributed by atoms with Crippen molar-refractivity contribution in [3.63, 3.8) is 0 Å². The predicted octanol–water partition coefficient (Wildman–Crippen LogP) is 2.47. The van der Waals surface area contributed by atoms with Crippen LogP contribution in [0, 0.1) is 24.2 Å². The topological polar surface area (TPSA) is 65.8 Å². The first-order chi connectivity index (χ1) is 8.60. The fourth-order valence-corrected chi connectivity index (χ4v) is 2.55. The Labute approximate surface area is 111 Å². The molecule has 0 bridgehead atoms. The zero-order valence-corrected chi connectivity index (χ0v) is 10.9. The lowest BCUT2D eigenvalue weighted by molar-refractivity contribution is 0.0932. The van der Waals surface area contributed by atoms with Gasteiger partial charge in [0.15, 0.2) is 0 Å². The Morgan fingerprint density at radius 1 is 1.56 bits per heavy atom. The summed E-state index contributed by atoms with van der Waals surface area (Å²) in [5.41, 5.74) is 1.20. The van der Waals surface area contributed by atoms with Gasteiger partial charge in [-0.05, 0) is 38.3 Å². The van der Waals surface area contributed by atoms with Crippen LogP contribution in [0.2, 0.25) is 5.15 Å². The quantitative estimate of drug-likeness (QED) is 0.834. The van der Waals surface area contributed by atoms with Crippen molar-refractivity contribution in [1.82, 2.24) is 10.3 Å². The van der Waals surface area contributed by atoms with Crippen LogP contribution in [0.4, 0.5) is 0 Å². The lowest BCUT2D eigenvalue weighted by atomic mass is 10.1. The molecule has 1 fully saturated rings. The zero-order valence-electron chi connectivity index (χ0n) is 10.1. The molecule has 1 aromatic heterocycles. The van der Waals surface area contributed by atoms with Crippen molar-refractivity contribution < 1.29 is 4.79 Å². The highest BCUT2D eigenvalue weighted by Crippen LogP contribution is 2.25. The van der Waals surface area contributed by atoms with Crippen molar-refractivity contribution in [3.05, 3.63) is 28.5 Å². The van der Waals surface area contributed by atoms with Gasteiger partial charge in [0, 0.05) is 17.3 Å². The maximum atomic E-state index is 12.1. The molecule has 0 saturated heterocycles. The molecule has 1 heterocycles. The molecule has 0 aliphatic heterocycles.